The number of hydrogen-bond acceptors (Lipinski definition) is 7. The summed E-state index contributed by atoms with van der Waals surface area (Å²) in [5, 5.41) is 17.3. The molecule has 8 nitrogen and oxygen atoms in total. The molecule has 0 bridgehead atoms. The molecule has 1 amide bonds. The Morgan fingerprint density at radius 3 is 2.96 bits per heavy atom. The summed E-state index contributed by atoms with van der Waals surface area (Å²) in [7, 11) is 0. The summed E-state index contributed by atoms with van der Waals surface area (Å²) in [4.78, 5) is 22.4. The van der Waals surface area contributed by atoms with E-state index in [2.05, 4.69) is 20.4 Å². The SMILES string of the molecule is Cc1noc(C)c1CC(=O)NCC1(O)CCN(c2cnccn2)C1. The maximum Gasteiger partial charge on any atom is 0.224 e. The van der Waals surface area contributed by atoms with Crippen molar-refractivity contribution in [3.05, 3.63) is 35.6 Å². The van der Waals surface area contributed by atoms with Gasteiger partial charge in [-0.1, -0.05) is 5.16 Å². The van der Waals surface area contributed by atoms with Gasteiger partial charge in [0.15, 0.2) is 0 Å². The van der Waals surface area contributed by atoms with Crippen LogP contribution in [-0.2, 0) is 11.2 Å². The van der Waals surface area contributed by atoms with Crippen molar-refractivity contribution in [2.75, 3.05) is 24.5 Å². The van der Waals surface area contributed by atoms with Crippen LogP contribution in [0.5, 0.6) is 0 Å². The highest BCUT2D eigenvalue weighted by Gasteiger charge is 2.37. The summed E-state index contributed by atoms with van der Waals surface area (Å²) >= 11 is 0. The standard InChI is InChI=1S/C16H21N5O3/c1-11-13(12(2)24-20-11)7-15(22)19-9-16(23)3-6-21(10-16)14-8-17-4-5-18-14/h4-5,8,23H,3,6-7,9-10H2,1-2H3,(H,19,22). The predicted octanol–water partition coefficient (Wildman–Crippen LogP) is 0.382. The zero-order valence-electron chi connectivity index (χ0n) is 13.8. The first-order chi connectivity index (χ1) is 11.5. The number of carbonyl (C=O) groups is 1. The zero-order valence-corrected chi connectivity index (χ0v) is 13.8. The molecule has 2 N–H and O–H groups in total. The molecule has 1 saturated heterocycles. The normalized spacial score (nSPS) is 20.4. The fourth-order valence-corrected chi connectivity index (χ4v) is 2.89. The van der Waals surface area contributed by atoms with Gasteiger partial charge in [0.1, 0.15) is 17.2 Å². The van der Waals surface area contributed by atoms with Crippen LogP contribution in [0.2, 0.25) is 0 Å². The van der Waals surface area contributed by atoms with Crippen molar-refractivity contribution in [1.29, 1.82) is 0 Å². The van der Waals surface area contributed by atoms with Gasteiger partial charge in [-0.15, -0.1) is 0 Å². The fourth-order valence-electron chi connectivity index (χ4n) is 2.89. The van der Waals surface area contributed by atoms with Gasteiger partial charge in [-0.25, -0.2) is 4.98 Å². The number of rotatable bonds is 5. The summed E-state index contributed by atoms with van der Waals surface area (Å²) in [5.74, 6) is 1.22. The molecule has 0 saturated carbocycles. The van der Waals surface area contributed by atoms with E-state index in [0.29, 0.717) is 25.3 Å². The van der Waals surface area contributed by atoms with Crippen LogP contribution in [0.15, 0.2) is 23.1 Å². The quantitative estimate of drug-likeness (QED) is 0.816. The fraction of sp³-hybridized carbons (Fsp3) is 0.500. The van der Waals surface area contributed by atoms with E-state index in [1.54, 1.807) is 25.5 Å². The Bertz CT molecular complexity index is 698. The Morgan fingerprint density at radius 2 is 2.29 bits per heavy atom. The third-order valence-electron chi connectivity index (χ3n) is 4.34. The maximum absolute atomic E-state index is 12.1. The summed E-state index contributed by atoms with van der Waals surface area (Å²) in [6, 6.07) is 0. The monoisotopic (exact) mass is 331 g/mol. The first kappa shape index (κ1) is 16.4. The van der Waals surface area contributed by atoms with Crippen LogP contribution in [0.4, 0.5) is 5.82 Å². The van der Waals surface area contributed by atoms with E-state index < -0.39 is 5.60 Å². The van der Waals surface area contributed by atoms with Crippen molar-refractivity contribution >= 4 is 11.7 Å². The second-order valence-electron chi connectivity index (χ2n) is 6.22. The highest BCUT2D eigenvalue weighted by molar-refractivity contribution is 5.79. The number of hydrogen-bond donors (Lipinski definition) is 2. The lowest BCUT2D eigenvalue weighted by Crippen LogP contribution is -2.45. The van der Waals surface area contributed by atoms with Crippen molar-refractivity contribution < 1.29 is 14.4 Å². The molecule has 0 aliphatic carbocycles. The lowest BCUT2D eigenvalue weighted by atomic mass is 10.0. The number of nitrogens with zero attached hydrogens (tertiary/aromatic N) is 4. The minimum absolute atomic E-state index is 0.157. The average Bonchev–Trinajstić information content (AvgIpc) is 3.12. The largest absolute Gasteiger partial charge is 0.386 e. The Labute approximate surface area is 139 Å². The van der Waals surface area contributed by atoms with E-state index in [-0.39, 0.29) is 18.9 Å². The molecule has 3 heterocycles. The van der Waals surface area contributed by atoms with Gasteiger partial charge in [0.05, 0.1) is 18.3 Å². The van der Waals surface area contributed by atoms with Gasteiger partial charge >= 0.3 is 0 Å². The summed E-state index contributed by atoms with van der Waals surface area (Å²) in [6.07, 6.45) is 5.67. The van der Waals surface area contributed by atoms with Crippen molar-refractivity contribution in [2.45, 2.75) is 32.3 Å². The molecule has 3 rings (SSSR count). The highest BCUT2D eigenvalue weighted by Crippen LogP contribution is 2.24. The number of aliphatic hydroxyl groups is 1. The van der Waals surface area contributed by atoms with Gasteiger partial charge < -0.3 is 19.8 Å². The van der Waals surface area contributed by atoms with Crippen LogP contribution < -0.4 is 10.2 Å². The zero-order chi connectivity index (χ0) is 17.2. The molecular weight excluding hydrogens is 310 g/mol. The molecule has 1 aliphatic heterocycles. The maximum atomic E-state index is 12.1. The Morgan fingerprint density at radius 1 is 1.46 bits per heavy atom. The molecule has 2 aromatic heterocycles. The Hall–Kier alpha value is -2.48. The van der Waals surface area contributed by atoms with Crippen molar-refractivity contribution in [2.24, 2.45) is 0 Å². The highest BCUT2D eigenvalue weighted by atomic mass is 16.5. The summed E-state index contributed by atoms with van der Waals surface area (Å²) in [6.45, 7) is 4.88. The number of β-amino-alcohol motifs (C(OH)–C–C–N with tert-alkyl or cyclic N) is 1. The predicted molar refractivity (Wildman–Crippen MR) is 86.5 cm³/mol. The van der Waals surface area contributed by atoms with Crippen molar-refractivity contribution in [3.8, 4) is 0 Å². The molecular formula is C16H21N5O3. The lowest BCUT2D eigenvalue weighted by Gasteiger charge is -2.24. The van der Waals surface area contributed by atoms with Gasteiger partial charge in [0, 0.05) is 37.6 Å². The van der Waals surface area contributed by atoms with E-state index in [0.717, 1.165) is 17.1 Å². The number of anilines is 1. The summed E-state index contributed by atoms with van der Waals surface area (Å²) in [5.41, 5.74) is 0.550. The van der Waals surface area contributed by atoms with Gasteiger partial charge in [-0.3, -0.25) is 9.78 Å². The Balaban J connectivity index is 1.54. The van der Waals surface area contributed by atoms with Crippen LogP contribution in [0.1, 0.15) is 23.4 Å². The van der Waals surface area contributed by atoms with Gasteiger partial charge in [0.2, 0.25) is 5.91 Å². The van der Waals surface area contributed by atoms with E-state index in [1.807, 2.05) is 11.8 Å². The van der Waals surface area contributed by atoms with Gasteiger partial charge in [-0.2, -0.15) is 0 Å². The molecule has 8 heteroatoms. The van der Waals surface area contributed by atoms with Crippen LogP contribution in [-0.4, -0.2) is 51.4 Å². The second-order valence-corrected chi connectivity index (χ2v) is 6.22. The number of aromatic nitrogens is 3. The Kier molecular flexibility index (Phi) is 4.48. The van der Waals surface area contributed by atoms with E-state index in [4.69, 9.17) is 4.52 Å². The minimum Gasteiger partial charge on any atom is -0.386 e. The lowest BCUT2D eigenvalue weighted by molar-refractivity contribution is -0.121. The van der Waals surface area contributed by atoms with Crippen molar-refractivity contribution in [1.82, 2.24) is 20.4 Å². The minimum atomic E-state index is -0.966. The topological polar surface area (TPSA) is 104 Å². The van der Waals surface area contributed by atoms with Gasteiger partial charge in [-0.05, 0) is 20.3 Å². The van der Waals surface area contributed by atoms with Crippen LogP contribution in [0, 0.1) is 13.8 Å². The molecule has 0 radical (unpaired) electrons. The molecule has 2 aromatic rings. The number of amides is 1. The van der Waals surface area contributed by atoms with E-state index in [9.17, 15) is 9.90 Å². The molecule has 1 fully saturated rings. The van der Waals surface area contributed by atoms with Crippen LogP contribution >= 0.6 is 0 Å². The van der Waals surface area contributed by atoms with Crippen LogP contribution in [0.3, 0.4) is 0 Å². The molecule has 0 spiro atoms. The van der Waals surface area contributed by atoms with E-state index in [1.165, 1.54) is 0 Å². The number of nitrogens with one attached hydrogen (secondary N) is 1. The van der Waals surface area contributed by atoms with Gasteiger partial charge in [0.25, 0.3) is 0 Å². The van der Waals surface area contributed by atoms with E-state index >= 15 is 0 Å². The molecule has 0 aromatic carbocycles. The average molecular weight is 331 g/mol. The molecule has 24 heavy (non-hydrogen) atoms. The third-order valence-corrected chi connectivity index (χ3v) is 4.34. The first-order valence-corrected chi connectivity index (χ1v) is 7.89. The molecule has 1 unspecified atom stereocenters. The molecule has 1 atom stereocenters. The number of aryl methyl sites for hydroxylation is 2. The molecule has 1 aliphatic rings. The number of carbonyl (C=O) groups excluding carboxylic acids is 1. The first-order valence-electron chi connectivity index (χ1n) is 7.89. The summed E-state index contributed by atoms with van der Waals surface area (Å²) < 4.78 is 5.06. The third kappa shape index (κ3) is 3.53. The molecule has 128 valence electrons. The second kappa shape index (κ2) is 6.56. The van der Waals surface area contributed by atoms with Crippen LogP contribution in [0.25, 0.3) is 0 Å². The van der Waals surface area contributed by atoms with Crippen molar-refractivity contribution in [3.63, 3.8) is 0 Å². The smallest absolute Gasteiger partial charge is 0.224 e.